The summed E-state index contributed by atoms with van der Waals surface area (Å²) in [6.07, 6.45) is 1.22. The summed E-state index contributed by atoms with van der Waals surface area (Å²) >= 11 is 0. The normalized spacial score (nSPS) is 10.3. The molecule has 2 rings (SSSR count). The molecular weight excluding hydrogens is 141 g/mol. The zero-order valence-corrected chi connectivity index (χ0v) is 5.79. The molecule has 0 fully saturated rings. The zero-order chi connectivity index (χ0) is 7.68. The number of aromatic nitrogens is 1. The Morgan fingerprint density at radius 3 is 3.00 bits per heavy atom. The van der Waals surface area contributed by atoms with E-state index < -0.39 is 0 Å². The van der Waals surface area contributed by atoms with Gasteiger partial charge in [0.15, 0.2) is 0 Å². The predicted molar refractivity (Wildman–Crippen MR) is 42.8 cm³/mol. The Labute approximate surface area is 65.0 Å². The van der Waals surface area contributed by atoms with Crippen molar-refractivity contribution in [3.05, 3.63) is 42.3 Å². The molecule has 1 aromatic carbocycles. The van der Waals surface area contributed by atoms with Gasteiger partial charge in [0, 0.05) is 5.39 Å². The molecule has 0 aliphatic heterocycles. The fourth-order valence-corrected chi connectivity index (χ4v) is 1.04. The molecule has 0 aliphatic rings. The molecule has 0 aliphatic carbocycles. The van der Waals surface area contributed by atoms with Gasteiger partial charge < -0.3 is 0 Å². The second-order valence-corrected chi connectivity index (χ2v) is 2.35. The highest BCUT2D eigenvalue weighted by atomic mass is 19.1. The van der Waals surface area contributed by atoms with Gasteiger partial charge >= 0.3 is 1.43 Å². The molecule has 0 N–H and O–H groups in total. The lowest BCUT2D eigenvalue weighted by Crippen LogP contribution is -1.79. The zero-order valence-electron chi connectivity index (χ0n) is 6.79. The fraction of sp³-hybridized carbons (Fsp3) is 0. The Morgan fingerprint density at radius 1 is 1.27 bits per heavy atom. The summed E-state index contributed by atoms with van der Waals surface area (Å²) in [5.41, 5.74) is 0.828. The fourth-order valence-electron chi connectivity index (χ4n) is 1.04. The largest absolute Gasteiger partial charge is 1.00 e. The summed E-state index contributed by atoms with van der Waals surface area (Å²) < 4.78 is 12.6. The highest BCUT2D eigenvalue weighted by Crippen LogP contribution is 2.10. The molecular formula is C9H7FN+. The van der Waals surface area contributed by atoms with E-state index in [1.807, 2.05) is 24.3 Å². The van der Waals surface area contributed by atoms with Crippen LogP contribution < -0.4 is 0 Å². The highest BCUT2D eigenvalue weighted by Gasteiger charge is 1.93. The Kier molecular flexibility index (Phi) is 1.32. The summed E-state index contributed by atoms with van der Waals surface area (Å²) in [4.78, 5) is 3.91. The van der Waals surface area contributed by atoms with Crippen LogP contribution in [0.5, 0.6) is 0 Å². The van der Waals surface area contributed by atoms with Crippen molar-refractivity contribution in [2.24, 2.45) is 0 Å². The highest BCUT2D eigenvalue weighted by molar-refractivity contribution is 5.77. The molecule has 11 heavy (non-hydrogen) atoms. The van der Waals surface area contributed by atoms with Crippen LogP contribution in [0.4, 0.5) is 4.39 Å². The van der Waals surface area contributed by atoms with Crippen molar-refractivity contribution in [1.29, 1.82) is 0 Å². The quantitative estimate of drug-likeness (QED) is 0.559. The number of benzene rings is 1. The van der Waals surface area contributed by atoms with Crippen molar-refractivity contribution in [2.45, 2.75) is 0 Å². The van der Waals surface area contributed by atoms with Gasteiger partial charge in [-0.15, -0.1) is 0 Å². The van der Waals surface area contributed by atoms with Gasteiger partial charge in [-0.25, -0.2) is 4.39 Å². The summed E-state index contributed by atoms with van der Waals surface area (Å²) in [6.45, 7) is 0. The molecule has 0 radical (unpaired) electrons. The van der Waals surface area contributed by atoms with E-state index in [0.29, 0.717) is 0 Å². The smallest absolute Gasteiger partial charge is 0.253 e. The molecule has 2 aromatic rings. The first kappa shape index (κ1) is 6.28. The molecule has 1 heterocycles. The summed E-state index contributed by atoms with van der Waals surface area (Å²) in [6, 6.07) is 8.92. The first-order valence-corrected chi connectivity index (χ1v) is 3.36. The molecule has 0 atom stereocenters. The number of hydrogen-bond donors (Lipinski definition) is 0. The van der Waals surface area contributed by atoms with Crippen LogP contribution in [0.25, 0.3) is 10.9 Å². The molecule has 54 valence electrons. The van der Waals surface area contributed by atoms with E-state index in [-0.39, 0.29) is 7.24 Å². The second-order valence-electron chi connectivity index (χ2n) is 2.35. The number of halogens is 1. The second kappa shape index (κ2) is 2.31. The standard InChI is InChI=1S/C9H6FN/c10-8-5-7-3-1-2-4-9(7)11-6-8/h1-6H/p+1. The van der Waals surface area contributed by atoms with Crippen molar-refractivity contribution in [2.75, 3.05) is 0 Å². The van der Waals surface area contributed by atoms with Gasteiger partial charge in [-0.3, -0.25) is 4.98 Å². The first-order chi connectivity index (χ1) is 5.36. The maximum atomic E-state index is 12.6. The Balaban J connectivity index is 0.000000720. The van der Waals surface area contributed by atoms with E-state index in [4.69, 9.17) is 0 Å². The van der Waals surface area contributed by atoms with E-state index in [1.54, 1.807) is 0 Å². The van der Waals surface area contributed by atoms with Gasteiger partial charge in [-0.2, -0.15) is 0 Å². The van der Waals surface area contributed by atoms with E-state index in [0.717, 1.165) is 10.9 Å². The minimum absolute atomic E-state index is 0. The number of fused-ring (bicyclic) bond motifs is 1. The summed E-state index contributed by atoms with van der Waals surface area (Å²) in [7, 11) is 0. The molecule has 0 saturated carbocycles. The lowest BCUT2D eigenvalue weighted by Gasteiger charge is -1.93. The lowest BCUT2D eigenvalue weighted by molar-refractivity contribution is 0.624. The molecule has 2 heteroatoms. The molecule has 0 amide bonds. The van der Waals surface area contributed by atoms with E-state index in [9.17, 15) is 4.39 Å². The molecule has 0 unspecified atom stereocenters. The third-order valence-corrected chi connectivity index (χ3v) is 1.56. The van der Waals surface area contributed by atoms with Crippen LogP contribution in [-0.2, 0) is 0 Å². The van der Waals surface area contributed by atoms with Gasteiger partial charge in [0.1, 0.15) is 5.82 Å². The number of nitrogens with zero attached hydrogens (tertiary/aromatic N) is 1. The van der Waals surface area contributed by atoms with Crippen LogP contribution in [0, 0.1) is 5.82 Å². The average Bonchev–Trinajstić information content (AvgIpc) is 2.04. The summed E-state index contributed by atoms with van der Waals surface area (Å²) in [5.74, 6) is -0.288. The van der Waals surface area contributed by atoms with E-state index >= 15 is 0 Å². The Hall–Kier alpha value is -1.44. The number of rotatable bonds is 0. The van der Waals surface area contributed by atoms with Crippen molar-refractivity contribution < 1.29 is 5.82 Å². The average molecular weight is 148 g/mol. The van der Waals surface area contributed by atoms with Gasteiger partial charge in [-0.05, 0) is 12.1 Å². The molecule has 1 aromatic heterocycles. The molecule has 0 saturated heterocycles. The van der Waals surface area contributed by atoms with Crippen LogP contribution in [-0.4, -0.2) is 4.98 Å². The minimum atomic E-state index is -0.288. The van der Waals surface area contributed by atoms with Crippen LogP contribution in [0.2, 0.25) is 0 Å². The van der Waals surface area contributed by atoms with Crippen LogP contribution in [0.15, 0.2) is 36.5 Å². The van der Waals surface area contributed by atoms with Gasteiger partial charge in [0.05, 0.1) is 11.7 Å². The molecule has 0 spiro atoms. The van der Waals surface area contributed by atoms with Crippen LogP contribution in [0.3, 0.4) is 0 Å². The Bertz CT molecular complexity index is 389. The summed E-state index contributed by atoms with van der Waals surface area (Å²) in [5, 5.41) is 0.840. The number of hydrogen-bond acceptors (Lipinski definition) is 1. The number of para-hydroxylation sites is 1. The molecule has 0 bridgehead atoms. The van der Waals surface area contributed by atoms with Crippen molar-refractivity contribution in [3.63, 3.8) is 0 Å². The third kappa shape index (κ3) is 1.07. The van der Waals surface area contributed by atoms with Crippen molar-refractivity contribution in [3.8, 4) is 0 Å². The van der Waals surface area contributed by atoms with E-state index in [1.165, 1.54) is 12.3 Å². The lowest BCUT2D eigenvalue weighted by atomic mass is 10.2. The molecule has 1 nitrogen and oxygen atoms in total. The third-order valence-electron chi connectivity index (χ3n) is 1.56. The monoisotopic (exact) mass is 148 g/mol. The van der Waals surface area contributed by atoms with Crippen molar-refractivity contribution in [1.82, 2.24) is 4.98 Å². The maximum Gasteiger partial charge on any atom is 1.00 e. The van der Waals surface area contributed by atoms with Crippen LogP contribution >= 0.6 is 0 Å². The van der Waals surface area contributed by atoms with Crippen molar-refractivity contribution >= 4 is 10.9 Å². The SMILES string of the molecule is Fc1cnc2ccccc2c1.[H+]. The number of pyridine rings is 1. The minimum Gasteiger partial charge on any atom is -0.253 e. The van der Waals surface area contributed by atoms with Gasteiger partial charge in [0.25, 0.3) is 0 Å². The maximum absolute atomic E-state index is 12.6. The first-order valence-electron chi connectivity index (χ1n) is 3.36. The predicted octanol–water partition coefficient (Wildman–Crippen LogP) is 2.49. The Morgan fingerprint density at radius 2 is 2.09 bits per heavy atom. The van der Waals surface area contributed by atoms with Gasteiger partial charge in [-0.1, -0.05) is 18.2 Å². The van der Waals surface area contributed by atoms with Crippen LogP contribution in [0.1, 0.15) is 1.43 Å². The van der Waals surface area contributed by atoms with E-state index in [2.05, 4.69) is 4.98 Å². The van der Waals surface area contributed by atoms with Gasteiger partial charge in [0.2, 0.25) is 0 Å². The topological polar surface area (TPSA) is 12.9 Å².